The Labute approximate surface area is 122 Å². The van der Waals surface area contributed by atoms with Crippen LogP contribution in [0.5, 0.6) is 0 Å². The van der Waals surface area contributed by atoms with Crippen molar-refractivity contribution >= 4 is 5.91 Å². The third kappa shape index (κ3) is 3.40. The fourth-order valence-corrected chi connectivity index (χ4v) is 3.24. The summed E-state index contributed by atoms with van der Waals surface area (Å²) in [4.78, 5) is 12.5. The van der Waals surface area contributed by atoms with Gasteiger partial charge in [-0.1, -0.05) is 17.7 Å². The van der Waals surface area contributed by atoms with Crippen molar-refractivity contribution in [2.75, 3.05) is 13.1 Å². The standard InChI is InChI=1S/C17H26N2O/c1-11-8-12(2)16(13(3)9-11)17(20)19-14(4)15-6-5-7-18-10-15/h8-9,14-15,18H,5-7,10H2,1-4H3,(H,19,20). The van der Waals surface area contributed by atoms with Crippen molar-refractivity contribution in [2.45, 2.75) is 46.6 Å². The van der Waals surface area contributed by atoms with E-state index >= 15 is 0 Å². The zero-order chi connectivity index (χ0) is 14.7. The van der Waals surface area contributed by atoms with E-state index < -0.39 is 0 Å². The van der Waals surface area contributed by atoms with Crippen LogP contribution in [0.2, 0.25) is 0 Å². The Bertz CT molecular complexity index is 467. The molecule has 1 saturated heterocycles. The highest BCUT2D eigenvalue weighted by molar-refractivity contribution is 5.97. The fourth-order valence-electron chi connectivity index (χ4n) is 3.24. The zero-order valence-electron chi connectivity index (χ0n) is 13.0. The van der Waals surface area contributed by atoms with Crippen molar-refractivity contribution < 1.29 is 4.79 Å². The van der Waals surface area contributed by atoms with Crippen molar-refractivity contribution in [2.24, 2.45) is 5.92 Å². The molecule has 0 saturated carbocycles. The molecule has 1 fully saturated rings. The van der Waals surface area contributed by atoms with Crippen molar-refractivity contribution in [1.29, 1.82) is 0 Å². The van der Waals surface area contributed by atoms with E-state index in [1.807, 2.05) is 13.8 Å². The van der Waals surface area contributed by atoms with Crippen molar-refractivity contribution in [3.8, 4) is 0 Å². The number of aryl methyl sites for hydroxylation is 3. The van der Waals surface area contributed by atoms with Crippen LogP contribution in [0.15, 0.2) is 12.1 Å². The quantitative estimate of drug-likeness (QED) is 0.890. The number of rotatable bonds is 3. The van der Waals surface area contributed by atoms with Gasteiger partial charge in [-0.15, -0.1) is 0 Å². The molecule has 0 spiro atoms. The predicted molar refractivity (Wildman–Crippen MR) is 83.2 cm³/mol. The maximum absolute atomic E-state index is 12.5. The summed E-state index contributed by atoms with van der Waals surface area (Å²) in [7, 11) is 0. The van der Waals surface area contributed by atoms with Gasteiger partial charge in [-0.25, -0.2) is 0 Å². The molecule has 0 bridgehead atoms. The summed E-state index contributed by atoms with van der Waals surface area (Å²) >= 11 is 0. The predicted octanol–water partition coefficient (Wildman–Crippen LogP) is 2.73. The van der Waals surface area contributed by atoms with E-state index in [1.54, 1.807) is 0 Å². The lowest BCUT2D eigenvalue weighted by atomic mass is 9.92. The lowest BCUT2D eigenvalue weighted by Gasteiger charge is -2.29. The minimum atomic E-state index is 0.0677. The summed E-state index contributed by atoms with van der Waals surface area (Å²) in [5, 5.41) is 6.60. The molecule has 110 valence electrons. The van der Waals surface area contributed by atoms with Crippen molar-refractivity contribution in [3.63, 3.8) is 0 Å². The molecule has 3 nitrogen and oxygen atoms in total. The van der Waals surface area contributed by atoms with Crippen molar-refractivity contribution in [3.05, 3.63) is 34.4 Å². The highest BCUT2D eigenvalue weighted by Crippen LogP contribution is 2.18. The lowest BCUT2D eigenvalue weighted by Crippen LogP contribution is -2.44. The molecule has 0 radical (unpaired) electrons. The van der Waals surface area contributed by atoms with Crippen LogP contribution in [0.3, 0.4) is 0 Å². The summed E-state index contributed by atoms with van der Waals surface area (Å²) < 4.78 is 0. The van der Waals surface area contributed by atoms with Crippen LogP contribution in [-0.2, 0) is 0 Å². The Kier molecular flexibility index (Phi) is 4.81. The molecule has 20 heavy (non-hydrogen) atoms. The average molecular weight is 274 g/mol. The first kappa shape index (κ1) is 15.0. The van der Waals surface area contributed by atoms with Crippen LogP contribution in [0.1, 0.15) is 46.8 Å². The summed E-state index contributed by atoms with van der Waals surface area (Å²) in [6.45, 7) is 10.3. The van der Waals surface area contributed by atoms with Crippen LogP contribution >= 0.6 is 0 Å². The van der Waals surface area contributed by atoms with Gasteiger partial charge in [0.2, 0.25) is 0 Å². The third-order valence-corrected chi connectivity index (χ3v) is 4.30. The molecular weight excluding hydrogens is 248 g/mol. The largest absolute Gasteiger partial charge is 0.349 e. The van der Waals surface area contributed by atoms with Crippen LogP contribution in [-0.4, -0.2) is 25.0 Å². The Morgan fingerprint density at radius 3 is 2.50 bits per heavy atom. The topological polar surface area (TPSA) is 41.1 Å². The van der Waals surface area contributed by atoms with E-state index in [1.165, 1.54) is 18.4 Å². The van der Waals surface area contributed by atoms with Crippen LogP contribution in [0.4, 0.5) is 0 Å². The molecule has 0 aromatic heterocycles. The van der Waals surface area contributed by atoms with Crippen LogP contribution in [0, 0.1) is 26.7 Å². The number of benzene rings is 1. The molecular formula is C17H26N2O. The first-order valence-corrected chi connectivity index (χ1v) is 7.58. The maximum atomic E-state index is 12.5. The number of amides is 1. The molecule has 1 aromatic rings. The second-order valence-corrected chi connectivity index (χ2v) is 6.14. The lowest BCUT2D eigenvalue weighted by molar-refractivity contribution is 0.0920. The normalized spacial score (nSPS) is 20.5. The fraction of sp³-hybridized carbons (Fsp3) is 0.588. The molecule has 2 atom stereocenters. The van der Waals surface area contributed by atoms with Gasteiger partial charge in [0, 0.05) is 11.6 Å². The minimum absolute atomic E-state index is 0.0677. The van der Waals surface area contributed by atoms with Gasteiger partial charge in [0.15, 0.2) is 0 Å². The van der Waals surface area contributed by atoms with Gasteiger partial charge >= 0.3 is 0 Å². The average Bonchev–Trinajstić information content (AvgIpc) is 2.38. The smallest absolute Gasteiger partial charge is 0.252 e. The number of carbonyl (C=O) groups excluding carboxylic acids is 1. The second kappa shape index (κ2) is 6.40. The molecule has 1 aliphatic heterocycles. The molecule has 3 heteroatoms. The van der Waals surface area contributed by atoms with E-state index in [9.17, 15) is 4.79 Å². The molecule has 2 unspecified atom stereocenters. The number of piperidine rings is 1. The van der Waals surface area contributed by atoms with Gasteiger partial charge in [0.25, 0.3) is 5.91 Å². The minimum Gasteiger partial charge on any atom is -0.349 e. The Morgan fingerprint density at radius 1 is 1.30 bits per heavy atom. The molecule has 2 N–H and O–H groups in total. The Balaban J connectivity index is 2.08. The zero-order valence-corrected chi connectivity index (χ0v) is 13.0. The van der Waals surface area contributed by atoms with E-state index in [0.29, 0.717) is 5.92 Å². The maximum Gasteiger partial charge on any atom is 0.252 e. The Morgan fingerprint density at radius 2 is 1.95 bits per heavy atom. The monoisotopic (exact) mass is 274 g/mol. The van der Waals surface area contributed by atoms with E-state index in [4.69, 9.17) is 0 Å². The van der Waals surface area contributed by atoms with Crippen molar-refractivity contribution in [1.82, 2.24) is 10.6 Å². The number of nitrogens with one attached hydrogen (secondary N) is 2. The highest BCUT2D eigenvalue weighted by Gasteiger charge is 2.22. The van der Waals surface area contributed by atoms with Gasteiger partial charge < -0.3 is 10.6 Å². The SMILES string of the molecule is Cc1cc(C)c(C(=O)NC(C)C2CCCNC2)c(C)c1. The van der Waals surface area contributed by atoms with Crippen LogP contribution in [0.25, 0.3) is 0 Å². The summed E-state index contributed by atoms with van der Waals surface area (Å²) in [5.74, 6) is 0.608. The van der Waals surface area contributed by atoms with E-state index in [2.05, 4.69) is 36.6 Å². The van der Waals surface area contributed by atoms with Gasteiger partial charge in [0.05, 0.1) is 0 Å². The second-order valence-electron chi connectivity index (χ2n) is 6.14. The van der Waals surface area contributed by atoms with Gasteiger partial charge in [-0.3, -0.25) is 4.79 Å². The van der Waals surface area contributed by atoms with E-state index in [0.717, 1.165) is 29.8 Å². The molecule has 1 aromatic carbocycles. The number of hydrogen-bond acceptors (Lipinski definition) is 2. The first-order chi connectivity index (χ1) is 9.49. The number of hydrogen-bond donors (Lipinski definition) is 2. The molecule has 0 aliphatic carbocycles. The molecule has 1 aliphatic rings. The van der Waals surface area contributed by atoms with Gasteiger partial charge in [-0.2, -0.15) is 0 Å². The highest BCUT2D eigenvalue weighted by atomic mass is 16.1. The first-order valence-electron chi connectivity index (χ1n) is 7.58. The van der Waals surface area contributed by atoms with Gasteiger partial charge in [-0.05, 0) is 70.7 Å². The van der Waals surface area contributed by atoms with Gasteiger partial charge in [0.1, 0.15) is 0 Å². The summed E-state index contributed by atoms with van der Waals surface area (Å²) in [6.07, 6.45) is 2.40. The summed E-state index contributed by atoms with van der Waals surface area (Å²) in [5.41, 5.74) is 4.18. The number of carbonyl (C=O) groups is 1. The van der Waals surface area contributed by atoms with E-state index in [-0.39, 0.29) is 11.9 Å². The molecule has 1 heterocycles. The molecule has 2 rings (SSSR count). The van der Waals surface area contributed by atoms with Crippen LogP contribution < -0.4 is 10.6 Å². The third-order valence-electron chi connectivity index (χ3n) is 4.30. The molecule has 1 amide bonds. The Hall–Kier alpha value is -1.35. The summed E-state index contributed by atoms with van der Waals surface area (Å²) in [6, 6.07) is 4.37.